The summed E-state index contributed by atoms with van der Waals surface area (Å²) in [5, 5.41) is 10.6. The monoisotopic (exact) mass is 378 g/mol. The summed E-state index contributed by atoms with van der Waals surface area (Å²) in [5.41, 5.74) is 4.15. The number of rotatable bonds is 4. The molecule has 1 saturated heterocycles. The molecule has 0 atom stereocenters. The van der Waals surface area contributed by atoms with E-state index in [1.54, 1.807) is 6.07 Å². The molecule has 5 rings (SSSR count). The predicted octanol–water partition coefficient (Wildman–Crippen LogP) is 3.67. The van der Waals surface area contributed by atoms with Crippen molar-refractivity contribution in [2.75, 3.05) is 36.5 Å². The highest BCUT2D eigenvalue weighted by atomic mass is 19.1. The fourth-order valence-corrected chi connectivity index (χ4v) is 3.34. The normalized spacial score (nSPS) is 14.5. The van der Waals surface area contributed by atoms with Gasteiger partial charge in [-0.1, -0.05) is 0 Å². The number of hydrogen-bond donors (Lipinski definition) is 3. The molecule has 2 aromatic carbocycles. The smallest absolute Gasteiger partial charge is 0.159 e. The lowest BCUT2D eigenvalue weighted by atomic mass is 10.2. The van der Waals surface area contributed by atoms with Gasteiger partial charge in [-0.2, -0.15) is 5.10 Å². The van der Waals surface area contributed by atoms with Crippen LogP contribution in [0.15, 0.2) is 48.5 Å². The molecule has 0 unspecified atom stereocenters. The largest absolute Gasteiger partial charge is 0.378 e. The maximum atomic E-state index is 13.3. The maximum Gasteiger partial charge on any atom is 0.159 e. The molecular formula is C20H19FN6O. The number of hydrogen-bond acceptors (Lipinski definition) is 5. The van der Waals surface area contributed by atoms with Crippen molar-refractivity contribution < 1.29 is 9.13 Å². The first kappa shape index (κ1) is 16.8. The number of imidazole rings is 1. The highest BCUT2D eigenvalue weighted by Gasteiger charge is 2.12. The Morgan fingerprint density at radius 1 is 1.04 bits per heavy atom. The third kappa shape index (κ3) is 3.29. The van der Waals surface area contributed by atoms with Gasteiger partial charge in [0.05, 0.1) is 24.2 Å². The highest BCUT2D eigenvalue weighted by molar-refractivity contribution is 5.79. The Morgan fingerprint density at radius 2 is 1.86 bits per heavy atom. The van der Waals surface area contributed by atoms with E-state index in [0.717, 1.165) is 43.3 Å². The lowest BCUT2D eigenvalue weighted by Crippen LogP contribution is -2.36. The minimum absolute atomic E-state index is 0.310. The van der Waals surface area contributed by atoms with Crippen LogP contribution < -0.4 is 10.2 Å². The number of halogens is 1. The summed E-state index contributed by atoms with van der Waals surface area (Å²) >= 11 is 0. The van der Waals surface area contributed by atoms with Crippen molar-refractivity contribution in [1.29, 1.82) is 0 Å². The summed E-state index contributed by atoms with van der Waals surface area (Å²) in [6.45, 7) is 3.37. The minimum Gasteiger partial charge on any atom is -0.378 e. The lowest BCUT2D eigenvalue weighted by Gasteiger charge is -2.28. The Kier molecular flexibility index (Phi) is 4.17. The summed E-state index contributed by atoms with van der Waals surface area (Å²) in [6.07, 6.45) is 0. The number of aromatic nitrogens is 4. The van der Waals surface area contributed by atoms with Gasteiger partial charge in [0.25, 0.3) is 0 Å². The number of nitrogens with zero attached hydrogens (tertiary/aromatic N) is 3. The van der Waals surface area contributed by atoms with Crippen LogP contribution in [0.3, 0.4) is 0 Å². The van der Waals surface area contributed by atoms with Gasteiger partial charge in [-0.15, -0.1) is 0 Å². The molecule has 0 aliphatic carbocycles. The van der Waals surface area contributed by atoms with Crippen LogP contribution in [0.2, 0.25) is 0 Å². The van der Waals surface area contributed by atoms with Crippen LogP contribution in [0.4, 0.5) is 21.6 Å². The third-order valence-corrected chi connectivity index (χ3v) is 4.79. The number of anilines is 3. The van der Waals surface area contributed by atoms with Gasteiger partial charge >= 0.3 is 0 Å². The second kappa shape index (κ2) is 6.97. The Morgan fingerprint density at radius 3 is 2.68 bits per heavy atom. The number of fused-ring (bicyclic) bond motifs is 1. The maximum absolute atomic E-state index is 13.3. The van der Waals surface area contributed by atoms with E-state index in [9.17, 15) is 4.39 Å². The van der Waals surface area contributed by atoms with Crippen LogP contribution in [0, 0.1) is 5.82 Å². The van der Waals surface area contributed by atoms with Gasteiger partial charge in [-0.3, -0.25) is 5.10 Å². The van der Waals surface area contributed by atoms with E-state index in [-0.39, 0.29) is 5.82 Å². The fraction of sp³-hybridized carbons (Fsp3) is 0.200. The van der Waals surface area contributed by atoms with Crippen molar-refractivity contribution in [3.05, 3.63) is 54.3 Å². The van der Waals surface area contributed by atoms with E-state index in [1.807, 2.05) is 18.2 Å². The van der Waals surface area contributed by atoms with E-state index in [1.165, 1.54) is 17.8 Å². The molecule has 1 aliphatic heterocycles. The van der Waals surface area contributed by atoms with Gasteiger partial charge in [0, 0.05) is 36.6 Å². The summed E-state index contributed by atoms with van der Waals surface area (Å²) < 4.78 is 18.7. The van der Waals surface area contributed by atoms with Gasteiger partial charge in [0.2, 0.25) is 0 Å². The van der Waals surface area contributed by atoms with E-state index in [2.05, 4.69) is 42.5 Å². The first-order chi connectivity index (χ1) is 13.7. The van der Waals surface area contributed by atoms with Crippen molar-refractivity contribution in [3.63, 3.8) is 0 Å². The molecule has 3 heterocycles. The fourth-order valence-electron chi connectivity index (χ4n) is 3.34. The SMILES string of the molecule is Fc1ccc2[nH]c(-c3cc(Nc4ccc(N5CCOCC5)cc4)[nH]n3)nc2c1. The summed E-state index contributed by atoms with van der Waals surface area (Å²) in [7, 11) is 0. The molecular weight excluding hydrogens is 359 g/mol. The molecule has 8 heteroatoms. The van der Waals surface area contributed by atoms with Crippen molar-refractivity contribution in [1.82, 2.24) is 20.2 Å². The summed E-state index contributed by atoms with van der Waals surface area (Å²) in [5.74, 6) is 1.03. The Hall–Kier alpha value is -3.39. The molecule has 28 heavy (non-hydrogen) atoms. The van der Waals surface area contributed by atoms with Crippen LogP contribution in [0.25, 0.3) is 22.6 Å². The first-order valence-electron chi connectivity index (χ1n) is 9.15. The zero-order valence-electron chi connectivity index (χ0n) is 15.1. The van der Waals surface area contributed by atoms with Crippen LogP contribution in [0.1, 0.15) is 0 Å². The Bertz CT molecular complexity index is 1100. The number of H-pyrrole nitrogens is 2. The van der Waals surface area contributed by atoms with Gasteiger partial charge in [0.1, 0.15) is 17.3 Å². The quantitative estimate of drug-likeness (QED) is 0.505. The lowest BCUT2D eigenvalue weighted by molar-refractivity contribution is 0.122. The summed E-state index contributed by atoms with van der Waals surface area (Å²) in [6, 6.07) is 14.6. The van der Waals surface area contributed by atoms with E-state index >= 15 is 0 Å². The Balaban J connectivity index is 1.31. The second-order valence-corrected chi connectivity index (χ2v) is 6.69. The third-order valence-electron chi connectivity index (χ3n) is 4.79. The van der Waals surface area contributed by atoms with Crippen LogP contribution in [-0.4, -0.2) is 46.5 Å². The zero-order chi connectivity index (χ0) is 18.9. The molecule has 1 fully saturated rings. The van der Waals surface area contributed by atoms with Crippen molar-refractivity contribution in [2.24, 2.45) is 0 Å². The number of nitrogens with one attached hydrogen (secondary N) is 3. The highest BCUT2D eigenvalue weighted by Crippen LogP contribution is 2.24. The number of ether oxygens (including phenoxy) is 1. The standard InChI is InChI=1S/C20H19FN6O/c21-13-1-6-16-17(11-13)24-20(23-16)18-12-19(26-25-18)22-14-2-4-15(5-3-14)27-7-9-28-10-8-27/h1-6,11-12H,7-10H2,(H,23,24)(H2,22,25,26). The second-order valence-electron chi connectivity index (χ2n) is 6.69. The van der Waals surface area contributed by atoms with Crippen molar-refractivity contribution in [2.45, 2.75) is 0 Å². The average Bonchev–Trinajstić information content (AvgIpc) is 3.35. The number of aromatic amines is 2. The van der Waals surface area contributed by atoms with E-state index < -0.39 is 0 Å². The molecule has 2 aromatic heterocycles. The Labute approximate surface area is 160 Å². The number of morpholine rings is 1. The predicted molar refractivity (Wildman–Crippen MR) is 106 cm³/mol. The topological polar surface area (TPSA) is 81.9 Å². The molecule has 1 aliphatic rings. The number of benzene rings is 2. The average molecular weight is 378 g/mol. The van der Waals surface area contributed by atoms with Gasteiger partial charge < -0.3 is 19.9 Å². The van der Waals surface area contributed by atoms with Crippen molar-refractivity contribution >= 4 is 28.2 Å². The van der Waals surface area contributed by atoms with Crippen LogP contribution in [0.5, 0.6) is 0 Å². The molecule has 4 aromatic rings. The molecule has 0 bridgehead atoms. The molecule has 0 radical (unpaired) electrons. The molecule has 0 spiro atoms. The van der Waals surface area contributed by atoms with Gasteiger partial charge in [0.15, 0.2) is 5.82 Å². The molecule has 7 nitrogen and oxygen atoms in total. The summed E-state index contributed by atoms with van der Waals surface area (Å²) in [4.78, 5) is 9.87. The molecule has 0 saturated carbocycles. The van der Waals surface area contributed by atoms with Gasteiger partial charge in [-0.05, 0) is 36.4 Å². The van der Waals surface area contributed by atoms with E-state index in [4.69, 9.17) is 4.74 Å². The molecule has 3 N–H and O–H groups in total. The first-order valence-corrected chi connectivity index (χ1v) is 9.15. The molecule has 0 amide bonds. The van der Waals surface area contributed by atoms with E-state index in [0.29, 0.717) is 17.0 Å². The van der Waals surface area contributed by atoms with Crippen LogP contribution in [-0.2, 0) is 4.74 Å². The molecule has 142 valence electrons. The zero-order valence-corrected chi connectivity index (χ0v) is 15.1. The van der Waals surface area contributed by atoms with Gasteiger partial charge in [-0.25, -0.2) is 9.37 Å². The minimum atomic E-state index is -0.310. The van der Waals surface area contributed by atoms with Crippen molar-refractivity contribution in [3.8, 4) is 11.5 Å². The van der Waals surface area contributed by atoms with Crippen LogP contribution >= 0.6 is 0 Å².